The predicted octanol–water partition coefficient (Wildman–Crippen LogP) is -0.676. The maximum atomic E-state index is 12.9. The number of hydrogen-bond donors (Lipinski definition) is 1. The van der Waals surface area contributed by atoms with Crippen LogP contribution in [0, 0.1) is 0 Å². The number of thioether (sulfide) groups is 1. The van der Waals surface area contributed by atoms with E-state index in [-0.39, 0.29) is 24.4 Å². The minimum Gasteiger partial charge on any atom is -0.541 e. The van der Waals surface area contributed by atoms with Crippen molar-refractivity contribution >= 4 is 43.9 Å². The average molecular weight is 385 g/mol. The van der Waals surface area contributed by atoms with Crippen LogP contribution in [-0.4, -0.2) is 82.9 Å². The van der Waals surface area contributed by atoms with Gasteiger partial charge in [0.05, 0.1) is 19.3 Å². The fourth-order valence-electron chi connectivity index (χ4n) is 3.43. The lowest BCUT2D eigenvalue weighted by molar-refractivity contribution is -0.147. The Kier molecular flexibility index (Phi) is 4.35. The summed E-state index contributed by atoms with van der Waals surface area (Å²) in [6.07, 6.45) is 1.57. The monoisotopic (exact) mass is 385 g/mol. The molecule has 27 heavy (non-hydrogen) atoms. The van der Waals surface area contributed by atoms with Crippen molar-refractivity contribution in [2.24, 2.45) is 10.8 Å². The number of urea groups is 1. The van der Waals surface area contributed by atoms with Gasteiger partial charge in [-0.05, 0) is 5.56 Å². The highest BCUT2D eigenvalue weighted by Crippen LogP contribution is 2.49. The predicted molar refractivity (Wildman–Crippen MR) is 98.5 cm³/mol. The molecule has 2 N–H and O–H groups in total. The van der Waals surface area contributed by atoms with Crippen LogP contribution in [0.5, 0.6) is 0 Å². The van der Waals surface area contributed by atoms with Crippen LogP contribution >= 0.6 is 11.8 Å². The Balaban J connectivity index is 1.56. The Morgan fingerprint density at radius 1 is 1.33 bits per heavy atom. The van der Waals surface area contributed by atoms with E-state index < -0.39 is 22.9 Å². The van der Waals surface area contributed by atoms with E-state index in [1.54, 1.807) is 6.21 Å². The standard InChI is InChI=1S/C16H16BN5O4S/c17-26-14(24)16(9-20-12(23)11(18)13(20)27-16)21-6-7-22(15(21)25)19-8-10-4-2-1-3-5-10/h1-5,8,11,13H,6-7,9,18H2/b19-8+/t11?,13-,16-/m1/s1. The lowest BCUT2D eigenvalue weighted by atomic mass is 10.1. The zero-order chi connectivity index (χ0) is 19.2. The van der Waals surface area contributed by atoms with Gasteiger partial charge < -0.3 is 15.3 Å². The number of carbonyl (C=O) groups is 3. The van der Waals surface area contributed by atoms with Gasteiger partial charge in [0.1, 0.15) is 11.4 Å². The highest BCUT2D eigenvalue weighted by atomic mass is 32.2. The summed E-state index contributed by atoms with van der Waals surface area (Å²) in [6, 6.07) is 8.18. The topological polar surface area (TPSA) is 109 Å². The molecule has 0 aromatic heterocycles. The molecule has 11 heteroatoms. The summed E-state index contributed by atoms with van der Waals surface area (Å²) in [5.74, 6) is -1.05. The molecule has 0 bridgehead atoms. The number of β-lactam (4-membered cyclic amide) rings is 1. The molecule has 0 aliphatic carbocycles. The molecule has 3 heterocycles. The summed E-state index contributed by atoms with van der Waals surface area (Å²) in [6.45, 7) is 0.539. The minimum absolute atomic E-state index is 0.00706. The molecule has 1 unspecified atom stereocenters. The lowest BCUT2D eigenvalue weighted by Crippen LogP contribution is -2.65. The van der Waals surface area contributed by atoms with Crippen LogP contribution in [0.1, 0.15) is 5.56 Å². The van der Waals surface area contributed by atoms with Gasteiger partial charge in [-0.3, -0.25) is 14.5 Å². The van der Waals surface area contributed by atoms with Crippen LogP contribution in [0.25, 0.3) is 0 Å². The van der Waals surface area contributed by atoms with E-state index in [2.05, 4.69) is 9.76 Å². The minimum atomic E-state index is -1.42. The zero-order valence-corrected chi connectivity index (χ0v) is 15.0. The summed E-state index contributed by atoms with van der Waals surface area (Å²) >= 11 is 1.12. The van der Waals surface area contributed by atoms with E-state index >= 15 is 0 Å². The fraction of sp³-hybridized carbons (Fsp3) is 0.375. The third-order valence-corrected chi connectivity index (χ3v) is 6.57. The van der Waals surface area contributed by atoms with Gasteiger partial charge in [-0.25, -0.2) is 9.80 Å². The maximum absolute atomic E-state index is 12.9. The van der Waals surface area contributed by atoms with Crippen LogP contribution in [0.2, 0.25) is 0 Å². The largest absolute Gasteiger partial charge is 0.541 e. The van der Waals surface area contributed by atoms with Crippen molar-refractivity contribution in [1.29, 1.82) is 0 Å². The van der Waals surface area contributed by atoms with E-state index in [0.29, 0.717) is 6.54 Å². The van der Waals surface area contributed by atoms with Gasteiger partial charge >= 0.3 is 20.0 Å². The molecule has 2 radical (unpaired) electrons. The van der Waals surface area contributed by atoms with E-state index in [9.17, 15) is 14.4 Å². The first-order chi connectivity index (χ1) is 13.0. The van der Waals surface area contributed by atoms with Crippen LogP contribution in [0.3, 0.4) is 0 Å². The van der Waals surface area contributed by atoms with Crippen molar-refractivity contribution in [3.63, 3.8) is 0 Å². The first-order valence-corrected chi connectivity index (χ1v) is 9.19. The van der Waals surface area contributed by atoms with Gasteiger partial charge in [0.15, 0.2) is 0 Å². The molecular weight excluding hydrogens is 369 g/mol. The Labute approximate surface area is 160 Å². The molecular formula is C16H16BN5O4S. The number of amides is 3. The van der Waals surface area contributed by atoms with E-state index in [1.165, 1.54) is 14.8 Å². The van der Waals surface area contributed by atoms with Crippen molar-refractivity contribution < 1.29 is 19.0 Å². The van der Waals surface area contributed by atoms with Crippen LogP contribution in [0.4, 0.5) is 4.79 Å². The summed E-state index contributed by atoms with van der Waals surface area (Å²) in [5, 5.41) is 5.11. The van der Waals surface area contributed by atoms with Gasteiger partial charge in [0.25, 0.3) is 0 Å². The van der Waals surface area contributed by atoms with Gasteiger partial charge in [0.2, 0.25) is 10.8 Å². The highest BCUT2D eigenvalue weighted by Gasteiger charge is 2.65. The molecule has 9 nitrogen and oxygen atoms in total. The fourth-order valence-corrected chi connectivity index (χ4v) is 5.05. The SMILES string of the molecule is [B]OC(=O)[C@@]1(N2CCN(/N=C/c3ccccc3)C2=O)CN2C(=O)C(N)[C@H]2S1. The molecule has 3 aliphatic heterocycles. The molecule has 4 rings (SSSR count). The molecule has 0 spiro atoms. The van der Waals surface area contributed by atoms with Crippen molar-refractivity contribution in [1.82, 2.24) is 14.8 Å². The molecule has 0 saturated carbocycles. The second-order valence-corrected chi connectivity index (χ2v) is 7.80. The maximum Gasteiger partial charge on any atom is 0.378 e. The Bertz CT molecular complexity index is 824. The van der Waals surface area contributed by atoms with Crippen molar-refractivity contribution in [2.75, 3.05) is 19.6 Å². The summed E-state index contributed by atoms with van der Waals surface area (Å²) in [7, 11) is 5.12. The van der Waals surface area contributed by atoms with E-state index in [1.807, 2.05) is 30.3 Å². The number of hydrazone groups is 1. The van der Waals surface area contributed by atoms with E-state index in [0.717, 1.165) is 17.3 Å². The first kappa shape index (κ1) is 17.9. The van der Waals surface area contributed by atoms with Gasteiger partial charge in [-0.2, -0.15) is 5.10 Å². The number of benzene rings is 1. The molecule has 3 atom stereocenters. The lowest BCUT2D eigenvalue weighted by Gasteiger charge is -2.38. The normalized spacial score (nSPS) is 30.0. The number of nitrogens with zero attached hydrogens (tertiary/aromatic N) is 4. The third kappa shape index (κ3) is 2.69. The smallest absolute Gasteiger partial charge is 0.378 e. The van der Waals surface area contributed by atoms with Gasteiger partial charge in [0, 0.05) is 6.54 Å². The third-order valence-electron chi connectivity index (χ3n) is 4.88. The number of carbonyl (C=O) groups excluding carboxylic acids is 3. The Hall–Kier alpha value is -2.53. The van der Waals surface area contributed by atoms with Crippen LogP contribution in [0.15, 0.2) is 35.4 Å². The molecule has 3 saturated heterocycles. The van der Waals surface area contributed by atoms with Crippen LogP contribution in [-0.2, 0) is 14.2 Å². The Morgan fingerprint density at radius 3 is 2.74 bits per heavy atom. The van der Waals surface area contributed by atoms with E-state index in [4.69, 9.17) is 13.8 Å². The second-order valence-electron chi connectivity index (χ2n) is 6.40. The van der Waals surface area contributed by atoms with Crippen molar-refractivity contribution in [3.8, 4) is 0 Å². The van der Waals surface area contributed by atoms with Crippen molar-refractivity contribution in [2.45, 2.75) is 16.3 Å². The number of fused-ring (bicyclic) bond motifs is 1. The molecule has 3 aliphatic rings. The van der Waals surface area contributed by atoms with Gasteiger partial charge in [-0.15, -0.1) is 0 Å². The molecule has 138 valence electrons. The summed E-state index contributed by atoms with van der Waals surface area (Å²) in [4.78, 5) is 38.7. The van der Waals surface area contributed by atoms with Crippen LogP contribution < -0.4 is 5.73 Å². The molecule has 3 fully saturated rings. The Morgan fingerprint density at radius 2 is 2.07 bits per heavy atom. The second kappa shape index (κ2) is 6.57. The number of rotatable bonds is 4. The zero-order valence-electron chi connectivity index (χ0n) is 14.2. The molecule has 1 aromatic rings. The van der Waals surface area contributed by atoms with Gasteiger partial charge in [-0.1, -0.05) is 42.1 Å². The average Bonchev–Trinajstić information content (AvgIpc) is 3.26. The molecule has 3 amide bonds. The number of hydrogen-bond acceptors (Lipinski definition) is 7. The summed E-state index contributed by atoms with van der Waals surface area (Å²) in [5.41, 5.74) is 6.65. The van der Waals surface area contributed by atoms with Crippen molar-refractivity contribution in [3.05, 3.63) is 35.9 Å². The summed E-state index contributed by atoms with van der Waals surface area (Å²) < 4.78 is 4.47. The quantitative estimate of drug-likeness (QED) is 0.418. The highest BCUT2D eigenvalue weighted by molar-refractivity contribution is 8.02. The number of nitrogens with two attached hydrogens (primary N) is 1. The first-order valence-electron chi connectivity index (χ1n) is 8.31. The molecule has 1 aromatic carbocycles.